The number of benzene rings is 2. The predicted octanol–water partition coefficient (Wildman–Crippen LogP) is 3.68. The number of hydrogen-bond acceptors (Lipinski definition) is 5. The van der Waals surface area contributed by atoms with Crippen molar-refractivity contribution in [3.05, 3.63) is 59.2 Å². The molecule has 2 N–H and O–H groups in total. The highest BCUT2D eigenvalue weighted by atomic mass is 16.5. The maximum absolute atomic E-state index is 12.6. The second-order valence-corrected chi connectivity index (χ2v) is 13.9. The Morgan fingerprint density at radius 2 is 1.97 bits per heavy atom. The highest BCUT2D eigenvalue weighted by molar-refractivity contribution is 5.73. The molecule has 6 fully saturated rings. The number of ether oxygens (including phenoxy) is 1. The predicted molar refractivity (Wildman–Crippen MR) is 140 cm³/mol. The number of piperidine rings is 1. The Morgan fingerprint density at radius 3 is 2.66 bits per heavy atom. The lowest BCUT2D eigenvalue weighted by atomic mass is 9.01. The van der Waals surface area contributed by atoms with Crippen molar-refractivity contribution >= 4 is 6.41 Å². The highest BCUT2D eigenvalue weighted by Crippen LogP contribution is 3.05. The van der Waals surface area contributed by atoms with E-state index in [0.29, 0.717) is 30.7 Å². The fourth-order valence-corrected chi connectivity index (χ4v) is 12.3. The molecule has 0 radical (unpaired) electrons. The van der Waals surface area contributed by atoms with Gasteiger partial charge < -0.3 is 19.8 Å². The molecule has 1 heterocycles. The molecule has 1 aliphatic heterocycles. The molecule has 1 amide bonds. The van der Waals surface area contributed by atoms with Gasteiger partial charge in [-0.05, 0) is 60.1 Å². The zero-order valence-corrected chi connectivity index (χ0v) is 22.2. The Bertz CT molecular complexity index is 1410. The number of aromatic hydroxyl groups is 1. The first-order chi connectivity index (χ1) is 18.4. The molecule has 0 bridgehead atoms. The van der Waals surface area contributed by atoms with Crippen LogP contribution in [0.15, 0.2) is 42.5 Å². The first-order valence-electron chi connectivity index (χ1n) is 14.5. The molecule has 6 heteroatoms. The molecule has 38 heavy (non-hydrogen) atoms. The van der Waals surface area contributed by atoms with Crippen molar-refractivity contribution in [1.29, 1.82) is 0 Å². The molecule has 1 saturated heterocycles. The smallest absolute Gasteiger partial charge is 0.212 e. The van der Waals surface area contributed by atoms with Gasteiger partial charge in [0.05, 0.1) is 7.11 Å². The number of methoxy groups -OCH3 is 1. The van der Waals surface area contributed by atoms with Crippen LogP contribution in [0.2, 0.25) is 0 Å². The normalized spacial score (nSPS) is 46.1. The molecule has 2 aromatic rings. The van der Waals surface area contributed by atoms with Gasteiger partial charge in [-0.2, -0.15) is 0 Å². The molecule has 9 rings (SSSR count). The van der Waals surface area contributed by atoms with Gasteiger partial charge >= 0.3 is 0 Å². The van der Waals surface area contributed by atoms with Crippen LogP contribution in [-0.4, -0.2) is 58.4 Å². The van der Waals surface area contributed by atoms with Crippen molar-refractivity contribution in [3.8, 4) is 11.5 Å². The first kappa shape index (κ1) is 22.3. The summed E-state index contributed by atoms with van der Waals surface area (Å²) in [6.07, 6.45) is 6.30. The van der Waals surface area contributed by atoms with Crippen molar-refractivity contribution < 1.29 is 19.7 Å². The second kappa shape index (κ2) is 6.42. The summed E-state index contributed by atoms with van der Waals surface area (Å²) < 4.78 is 5.63. The van der Waals surface area contributed by atoms with E-state index < -0.39 is 5.72 Å². The number of nitrogens with zero attached hydrogens (tertiary/aromatic N) is 2. The molecule has 6 nitrogen and oxygen atoms in total. The number of carbonyl (C=O) groups is 1. The number of amides is 1. The summed E-state index contributed by atoms with van der Waals surface area (Å²) in [5.74, 6) is 2.06. The van der Waals surface area contributed by atoms with E-state index in [4.69, 9.17) is 4.74 Å². The lowest BCUT2D eigenvalue weighted by Gasteiger charge is -3.05. The summed E-state index contributed by atoms with van der Waals surface area (Å²) in [7, 11) is 1.62. The maximum Gasteiger partial charge on any atom is 0.212 e. The van der Waals surface area contributed by atoms with Gasteiger partial charge in [0, 0.05) is 59.8 Å². The third-order valence-electron chi connectivity index (χ3n) is 13.0. The summed E-state index contributed by atoms with van der Waals surface area (Å²) in [5.41, 5.74) is 1.87. The van der Waals surface area contributed by atoms with Crippen LogP contribution in [-0.2, 0) is 23.2 Å². The fraction of sp³-hybridized carbons (Fsp3) is 0.594. The summed E-state index contributed by atoms with van der Waals surface area (Å²) in [6.45, 7) is 4.98. The summed E-state index contributed by atoms with van der Waals surface area (Å²) in [5, 5.41) is 24.3. The van der Waals surface area contributed by atoms with Gasteiger partial charge in [0.2, 0.25) is 6.41 Å². The molecular weight excluding hydrogens is 476 g/mol. The SMILES string of the molecule is COc1ccc2c(c1O)C13C4C(O)(N(C=O)Cc5ccccc5)CC45[C@@H](C)CC51C1N(CC4CC4)CC13C2. The number of phenolic OH excluding ortho intramolecular Hbond substituents is 1. The molecular formula is C32H36N2O4. The number of carbonyl (C=O) groups excluding carboxylic acids is 1. The van der Waals surface area contributed by atoms with Crippen LogP contribution < -0.4 is 4.74 Å². The third kappa shape index (κ3) is 1.86. The molecule has 2 aromatic carbocycles. The van der Waals surface area contributed by atoms with E-state index in [1.165, 1.54) is 24.9 Å². The van der Waals surface area contributed by atoms with Gasteiger partial charge in [-0.25, -0.2) is 0 Å². The van der Waals surface area contributed by atoms with Crippen LogP contribution >= 0.6 is 0 Å². The lowest BCUT2D eigenvalue weighted by molar-refractivity contribution is -0.576. The number of phenols is 1. The van der Waals surface area contributed by atoms with Gasteiger partial charge in [0.15, 0.2) is 11.5 Å². The monoisotopic (exact) mass is 512 g/mol. The van der Waals surface area contributed by atoms with E-state index in [2.05, 4.69) is 17.9 Å². The van der Waals surface area contributed by atoms with E-state index in [-0.39, 0.29) is 33.3 Å². The minimum atomic E-state index is -1.22. The Kier molecular flexibility index (Phi) is 3.76. The Hall–Kier alpha value is -2.57. The lowest BCUT2D eigenvalue weighted by Crippen LogP contribution is -3.10. The second-order valence-electron chi connectivity index (χ2n) is 13.9. The maximum atomic E-state index is 12.6. The average Bonchev–Trinajstić information content (AvgIpc) is 3.67. The number of hydrogen-bond donors (Lipinski definition) is 2. The van der Waals surface area contributed by atoms with Gasteiger partial charge in [0.1, 0.15) is 5.72 Å². The largest absolute Gasteiger partial charge is 0.504 e. The van der Waals surface area contributed by atoms with Crippen LogP contribution in [0.25, 0.3) is 0 Å². The van der Waals surface area contributed by atoms with E-state index in [1.807, 2.05) is 36.4 Å². The average molecular weight is 513 g/mol. The summed E-state index contributed by atoms with van der Waals surface area (Å²) >= 11 is 0. The van der Waals surface area contributed by atoms with Crippen LogP contribution in [0, 0.1) is 34.0 Å². The molecule has 6 aliphatic carbocycles. The number of rotatable bonds is 7. The zero-order chi connectivity index (χ0) is 25.9. The van der Waals surface area contributed by atoms with Crippen molar-refractivity contribution in [2.24, 2.45) is 34.0 Å². The number of likely N-dealkylation sites (tertiary alicyclic amines) is 1. The molecule has 4 spiro atoms. The van der Waals surface area contributed by atoms with Crippen LogP contribution in [0.3, 0.4) is 0 Å². The fourth-order valence-electron chi connectivity index (χ4n) is 12.3. The minimum Gasteiger partial charge on any atom is -0.504 e. The number of aliphatic hydroxyl groups is 1. The topological polar surface area (TPSA) is 73.2 Å². The van der Waals surface area contributed by atoms with Crippen LogP contribution in [0.5, 0.6) is 11.5 Å². The molecule has 7 unspecified atom stereocenters. The van der Waals surface area contributed by atoms with Crippen LogP contribution in [0.1, 0.15) is 49.3 Å². The van der Waals surface area contributed by atoms with Crippen LogP contribution in [0.4, 0.5) is 0 Å². The Morgan fingerprint density at radius 1 is 1.18 bits per heavy atom. The van der Waals surface area contributed by atoms with Crippen molar-refractivity contribution in [3.63, 3.8) is 0 Å². The van der Waals surface area contributed by atoms with E-state index >= 15 is 0 Å². The van der Waals surface area contributed by atoms with E-state index in [1.54, 1.807) is 12.0 Å². The highest BCUT2D eigenvalue weighted by Gasteiger charge is 3.09. The Balaban J connectivity index is 1.21. The third-order valence-corrected chi connectivity index (χ3v) is 13.0. The van der Waals surface area contributed by atoms with E-state index in [9.17, 15) is 15.0 Å². The molecule has 5 saturated carbocycles. The number of fused-ring (bicyclic) bond motifs is 1. The molecule has 8 atom stereocenters. The van der Waals surface area contributed by atoms with Gasteiger partial charge in [-0.3, -0.25) is 9.69 Å². The zero-order valence-electron chi connectivity index (χ0n) is 22.2. The first-order valence-corrected chi connectivity index (χ1v) is 14.5. The van der Waals surface area contributed by atoms with Gasteiger partial charge in [-0.1, -0.05) is 43.3 Å². The van der Waals surface area contributed by atoms with E-state index in [0.717, 1.165) is 42.8 Å². The van der Waals surface area contributed by atoms with Crippen molar-refractivity contribution in [2.45, 2.75) is 62.8 Å². The van der Waals surface area contributed by atoms with Crippen molar-refractivity contribution in [1.82, 2.24) is 9.80 Å². The molecule has 7 aliphatic rings. The summed E-state index contributed by atoms with van der Waals surface area (Å²) in [4.78, 5) is 17.1. The van der Waals surface area contributed by atoms with Gasteiger partial charge in [-0.15, -0.1) is 0 Å². The van der Waals surface area contributed by atoms with Crippen molar-refractivity contribution in [2.75, 3.05) is 20.2 Å². The molecule has 0 aromatic heterocycles. The standard InChI is InChI=1S/C32H36N2O4/c1-19-12-30-27-28(17-33(27)14-21-8-9-21)13-22-10-11-23(38-2)25(36)24(22)32(28,30)26-29(19,30)16-31(26,37)34(18-35)15-20-6-4-3-5-7-20/h3-7,10-11,18-19,21,26-27,36-37H,8-9,12-17H2,1-2H3/t19-,26?,27?,28?,29?,30?,31?,32?/m0/s1. The molecule has 198 valence electrons. The summed E-state index contributed by atoms with van der Waals surface area (Å²) in [6, 6.07) is 14.6. The van der Waals surface area contributed by atoms with Gasteiger partial charge in [0.25, 0.3) is 0 Å². The quantitative estimate of drug-likeness (QED) is 0.438. The minimum absolute atomic E-state index is 0.0210. The Labute approximate surface area is 223 Å².